The number of β-lactam (4-membered cyclic amide) rings is 1. The van der Waals surface area contributed by atoms with Gasteiger partial charge in [0.15, 0.2) is 0 Å². The van der Waals surface area contributed by atoms with E-state index in [2.05, 4.69) is 0 Å². The maximum Gasteiger partial charge on any atom is 0.224 e. The quantitative estimate of drug-likeness (QED) is 0.322. The summed E-state index contributed by atoms with van der Waals surface area (Å²) < 4.78 is 0. The molecule has 0 unspecified atom stereocenters. The molecule has 1 heterocycles. The fraction of sp³-hybridized carbons (Fsp3) is 0.400. The van der Waals surface area contributed by atoms with Crippen LogP contribution in [0.25, 0.3) is 0 Å². The van der Waals surface area contributed by atoms with E-state index in [0.29, 0.717) is 0 Å². The number of carbonyl (C=O) groups excluding carboxylic acids is 3. The number of aliphatic carboxylic acids is 2. The van der Waals surface area contributed by atoms with Crippen LogP contribution in [0.4, 0.5) is 0 Å². The van der Waals surface area contributed by atoms with Crippen LogP contribution >= 0.6 is 0 Å². The minimum Gasteiger partial charge on any atom is -0.547 e. The Balaban J connectivity index is 2.85. The van der Waals surface area contributed by atoms with E-state index in [1.54, 1.807) is 5.32 Å². The van der Waals surface area contributed by atoms with Gasteiger partial charge in [0.2, 0.25) is 5.91 Å². The van der Waals surface area contributed by atoms with E-state index >= 15 is 0 Å². The fourth-order valence-electron chi connectivity index (χ4n) is 0.790. The average Bonchev–Trinajstić information content (AvgIpc) is 1.78. The third kappa shape index (κ3) is 0.830. The normalized spacial score (nSPS) is 19.8. The van der Waals surface area contributed by atoms with E-state index in [-0.39, 0.29) is 0 Å². The lowest BCUT2D eigenvalue weighted by Gasteiger charge is -2.43. The number of carboxylic acid groups (broad SMARTS) is 2. The van der Waals surface area contributed by atoms with Gasteiger partial charge in [-0.25, -0.2) is 0 Å². The molecule has 1 saturated heterocycles. The largest absolute Gasteiger partial charge is 0.547 e. The molecule has 6 heteroatoms. The van der Waals surface area contributed by atoms with Crippen molar-refractivity contribution in [2.75, 3.05) is 0 Å². The van der Waals surface area contributed by atoms with Gasteiger partial charge in [0.1, 0.15) is 5.54 Å². The molecule has 0 radical (unpaired) electrons. The molecule has 6 nitrogen and oxygen atoms in total. The van der Waals surface area contributed by atoms with Gasteiger partial charge in [-0.1, -0.05) is 0 Å². The Kier molecular flexibility index (Phi) is 1.33. The van der Waals surface area contributed by atoms with E-state index in [1.807, 2.05) is 0 Å². The minimum atomic E-state index is -2.29. The van der Waals surface area contributed by atoms with Gasteiger partial charge in [-0.15, -0.1) is 0 Å². The van der Waals surface area contributed by atoms with Gasteiger partial charge in [0.25, 0.3) is 0 Å². The summed E-state index contributed by atoms with van der Waals surface area (Å²) >= 11 is 0. The highest BCUT2D eigenvalue weighted by Gasteiger charge is 2.45. The third-order valence-corrected chi connectivity index (χ3v) is 1.48. The Labute approximate surface area is 60.8 Å². The molecule has 0 spiro atoms. The number of hydrogen-bond donors (Lipinski definition) is 1. The fourth-order valence-corrected chi connectivity index (χ4v) is 0.790. The second-order valence-electron chi connectivity index (χ2n) is 2.21. The lowest BCUT2D eigenvalue weighted by Crippen LogP contribution is -2.76. The van der Waals surface area contributed by atoms with Crippen LogP contribution in [0.5, 0.6) is 0 Å². The molecule has 0 aromatic rings. The number of amides is 1. The summed E-state index contributed by atoms with van der Waals surface area (Å²) in [5.74, 6) is -4.34. The van der Waals surface area contributed by atoms with E-state index in [1.165, 1.54) is 0 Å². The third-order valence-electron chi connectivity index (χ3n) is 1.48. The maximum absolute atomic E-state index is 10.2. The molecule has 0 aliphatic carbocycles. The molecule has 1 amide bonds. The van der Waals surface area contributed by atoms with Crippen LogP contribution < -0.4 is 15.5 Å². The number of carbonyl (C=O) groups is 3. The van der Waals surface area contributed by atoms with Crippen LogP contribution in [0.2, 0.25) is 0 Å². The van der Waals surface area contributed by atoms with Gasteiger partial charge < -0.3 is 25.1 Å². The Hall–Kier alpha value is -1.59. The molecular weight excluding hydrogens is 154 g/mol. The molecule has 1 fully saturated rings. The summed E-state index contributed by atoms with van der Waals surface area (Å²) in [6.45, 7) is 0. The first-order chi connectivity index (χ1) is 4.99. The molecule has 1 N–H and O–H groups in total. The highest BCUT2D eigenvalue weighted by atomic mass is 16.4. The summed E-state index contributed by atoms with van der Waals surface area (Å²) in [6, 6.07) is 0. The van der Waals surface area contributed by atoms with Crippen molar-refractivity contribution in [2.24, 2.45) is 0 Å². The van der Waals surface area contributed by atoms with Crippen LogP contribution in [-0.2, 0) is 14.4 Å². The zero-order valence-corrected chi connectivity index (χ0v) is 5.25. The van der Waals surface area contributed by atoms with Crippen molar-refractivity contribution < 1.29 is 24.6 Å². The molecule has 0 atom stereocenters. The number of nitrogens with one attached hydrogen (secondary N) is 1. The smallest absolute Gasteiger partial charge is 0.224 e. The van der Waals surface area contributed by atoms with Crippen LogP contribution in [0, 0.1) is 0 Å². The summed E-state index contributed by atoms with van der Waals surface area (Å²) in [5, 5.41) is 22.0. The van der Waals surface area contributed by atoms with Gasteiger partial charge in [-0.05, 0) is 0 Å². The minimum absolute atomic E-state index is 0.613. The monoisotopic (exact) mass is 157 g/mol. The number of rotatable bonds is 2. The van der Waals surface area contributed by atoms with Gasteiger partial charge in [-0.2, -0.15) is 0 Å². The molecule has 1 rings (SSSR count). The first-order valence-corrected chi connectivity index (χ1v) is 2.73. The predicted octanol–water partition coefficient (Wildman–Crippen LogP) is -4.26. The molecule has 0 aromatic carbocycles. The Morgan fingerprint density at radius 3 is 1.82 bits per heavy atom. The van der Waals surface area contributed by atoms with Crippen molar-refractivity contribution in [2.45, 2.75) is 12.0 Å². The zero-order valence-electron chi connectivity index (χ0n) is 5.25. The first kappa shape index (κ1) is 7.52. The van der Waals surface area contributed by atoms with Gasteiger partial charge in [0, 0.05) is 0 Å². The first-order valence-electron chi connectivity index (χ1n) is 2.73. The van der Waals surface area contributed by atoms with Crippen LogP contribution in [-0.4, -0.2) is 23.4 Å². The topological polar surface area (TPSA) is 109 Å². The van der Waals surface area contributed by atoms with Crippen LogP contribution in [0.3, 0.4) is 0 Å². The van der Waals surface area contributed by atoms with E-state index in [4.69, 9.17) is 0 Å². The molecule has 0 saturated carbocycles. The van der Waals surface area contributed by atoms with Gasteiger partial charge in [0.05, 0.1) is 18.4 Å². The molecule has 11 heavy (non-hydrogen) atoms. The van der Waals surface area contributed by atoms with Gasteiger partial charge >= 0.3 is 0 Å². The maximum atomic E-state index is 10.2. The summed E-state index contributed by atoms with van der Waals surface area (Å²) in [4.78, 5) is 30.5. The highest BCUT2D eigenvalue weighted by molar-refractivity contribution is 6.12. The standard InChI is InChI=1S/C5H5NO5/c7-2-1-5(6-2,3(8)9)4(10)11/h1H2,(H,6,7)(H,8,9)(H,10,11)/p-2. The van der Waals surface area contributed by atoms with Crippen molar-refractivity contribution in [1.82, 2.24) is 5.32 Å². The molecule has 60 valence electrons. The van der Waals surface area contributed by atoms with Crippen molar-refractivity contribution >= 4 is 17.8 Å². The predicted molar refractivity (Wildman–Crippen MR) is 25.5 cm³/mol. The van der Waals surface area contributed by atoms with Crippen molar-refractivity contribution in [3.05, 3.63) is 0 Å². The zero-order chi connectivity index (χ0) is 8.65. The molecule has 1 aliphatic heterocycles. The van der Waals surface area contributed by atoms with Crippen LogP contribution in [0.15, 0.2) is 0 Å². The average molecular weight is 157 g/mol. The SMILES string of the molecule is O=C1CC(C(=O)[O-])(C(=O)[O-])N1. The highest BCUT2D eigenvalue weighted by Crippen LogP contribution is 2.17. The Morgan fingerprint density at radius 2 is 1.73 bits per heavy atom. The lowest BCUT2D eigenvalue weighted by atomic mass is 9.87. The van der Waals surface area contributed by atoms with Crippen LogP contribution in [0.1, 0.15) is 6.42 Å². The summed E-state index contributed by atoms with van der Waals surface area (Å²) in [6.07, 6.45) is -0.613. The molecule has 1 aliphatic rings. The Bertz CT molecular complexity index is 221. The van der Waals surface area contributed by atoms with Gasteiger partial charge in [-0.3, -0.25) is 4.79 Å². The lowest BCUT2D eigenvalue weighted by molar-refractivity contribution is -0.338. The number of hydrogen-bond acceptors (Lipinski definition) is 5. The van der Waals surface area contributed by atoms with Crippen molar-refractivity contribution in [3.63, 3.8) is 0 Å². The van der Waals surface area contributed by atoms with E-state index in [0.717, 1.165) is 0 Å². The second kappa shape index (κ2) is 1.94. The summed E-state index contributed by atoms with van der Waals surface area (Å²) in [7, 11) is 0. The Morgan fingerprint density at radius 1 is 1.36 bits per heavy atom. The molecular formula is C5H3NO5-2. The molecule has 0 aromatic heterocycles. The van der Waals surface area contributed by atoms with Crippen molar-refractivity contribution in [3.8, 4) is 0 Å². The second-order valence-corrected chi connectivity index (χ2v) is 2.21. The summed E-state index contributed by atoms with van der Waals surface area (Å²) in [5.41, 5.74) is -2.29. The van der Waals surface area contributed by atoms with Crippen molar-refractivity contribution in [1.29, 1.82) is 0 Å². The molecule has 0 bridgehead atoms. The van der Waals surface area contributed by atoms with E-state index < -0.39 is 29.8 Å². The van der Waals surface area contributed by atoms with E-state index in [9.17, 15) is 24.6 Å². The number of carboxylic acids is 2.